The Morgan fingerprint density at radius 3 is 2.64 bits per heavy atom. The van der Waals surface area contributed by atoms with Crippen LogP contribution in [0.4, 0.5) is 8.78 Å². The topological polar surface area (TPSA) is 22.0 Å². The SMILES string of the molecule is Cn1ccc2ccc(F)c(F)c2c1=O. The van der Waals surface area contributed by atoms with Crippen molar-refractivity contribution in [3.63, 3.8) is 0 Å². The van der Waals surface area contributed by atoms with Crippen LogP contribution in [0.2, 0.25) is 0 Å². The third-order valence-corrected chi connectivity index (χ3v) is 2.14. The number of pyridine rings is 1. The first-order valence-corrected chi connectivity index (χ1v) is 4.04. The molecule has 0 bridgehead atoms. The number of hydrogen-bond acceptors (Lipinski definition) is 1. The number of fused-ring (bicyclic) bond motifs is 1. The molecule has 2 aromatic rings. The summed E-state index contributed by atoms with van der Waals surface area (Å²) in [6, 6.07) is 3.96. The lowest BCUT2D eigenvalue weighted by Gasteiger charge is -2.02. The van der Waals surface area contributed by atoms with Crippen LogP contribution in [-0.4, -0.2) is 4.57 Å². The highest BCUT2D eigenvalue weighted by Crippen LogP contribution is 2.16. The number of aryl methyl sites for hydroxylation is 1. The quantitative estimate of drug-likeness (QED) is 0.628. The molecule has 2 nitrogen and oxygen atoms in total. The van der Waals surface area contributed by atoms with Gasteiger partial charge in [0.1, 0.15) is 0 Å². The fourth-order valence-electron chi connectivity index (χ4n) is 1.36. The highest BCUT2D eigenvalue weighted by molar-refractivity contribution is 5.82. The second-order valence-electron chi connectivity index (χ2n) is 3.06. The number of benzene rings is 1. The van der Waals surface area contributed by atoms with E-state index >= 15 is 0 Å². The Hall–Kier alpha value is -1.71. The standard InChI is InChI=1S/C10H7F2NO/c1-13-5-4-6-2-3-7(11)9(12)8(6)10(13)14/h2-5H,1H3. The van der Waals surface area contributed by atoms with Crippen LogP contribution in [0.25, 0.3) is 10.8 Å². The van der Waals surface area contributed by atoms with Crippen molar-refractivity contribution in [3.05, 3.63) is 46.4 Å². The second kappa shape index (κ2) is 2.90. The van der Waals surface area contributed by atoms with Crippen molar-refractivity contribution in [2.24, 2.45) is 7.05 Å². The average molecular weight is 195 g/mol. The van der Waals surface area contributed by atoms with Gasteiger partial charge in [-0.25, -0.2) is 8.78 Å². The van der Waals surface area contributed by atoms with Crippen LogP contribution in [0.3, 0.4) is 0 Å². The zero-order valence-corrected chi connectivity index (χ0v) is 7.42. The zero-order valence-electron chi connectivity index (χ0n) is 7.42. The first-order valence-electron chi connectivity index (χ1n) is 4.04. The molecule has 0 spiro atoms. The maximum atomic E-state index is 13.3. The molecule has 0 aliphatic heterocycles. The van der Waals surface area contributed by atoms with Gasteiger partial charge in [0.05, 0.1) is 5.39 Å². The first kappa shape index (κ1) is 8.87. The van der Waals surface area contributed by atoms with E-state index in [1.165, 1.54) is 23.9 Å². The van der Waals surface area contributed by atoms with Gasteiger partial charge in [-0.2, -0.15) is 0 Å². The Morgan fingerprint density at radius 2 is 1.93 bits per heavy atom. The van der Waals surface area contributed by atoms with Crippen LogP contribution < -0.4 is 5.56 Å². The van der Waals surface area contributed by atoms with Gasteiger partial charge in [-0.1, -0.05) is 6.07 Å². The molecule has 0 N–H and O–H groups in total. The van der Waals surface area contributed by atoms with Crippen molar-refractivity contribution >= 4 is 10.8 Å². The molecule has 0 fully saturated rings. The summed E-state index contributed by atoms with van der Waals surface area (Å²) in [6.45, 7) is 0. The highest BCUT2D eigenvalue weighted by atomic mass is 19.2. The molecule has 0 unspecified atom stereocenters. The number of aromatic nitrogens is 1. The second-order valence-corrected chi connectivity index (χ2v) is 3.06. The Morgan fingerprint density at radius 1 is 1.21 bits per heavy atom. The van der Waals surface area contributed by atoms with Crippen LogP contribution in [0.5, 0.6) is 0 Å². The van der Waals surface area contributed by atoms with Gasteiger partial charge in [0.2, 0.25) is 0 Å². The molecule has 1 aromatic carbocycles. The summed E-state index contributed by atoms with van der Waals surface area (Å²) < 4.78 is 27.3. The molecule has 0 atom stereocenters. The predicted octanol–water partition coefficient (Wildman–Crippen LogP) is 1.82. The van der Waals surface area contributed by atoms with Gasteiger partial charge in [-0.05, 0) is 17.5 Å². The Bertz CT molecular complexity index is 555. The number of hydrogen-bond donors (Lipinski definition) is 0. The molecule has 4 heteroatoms. The molecule has 72 valence electrons. The molecule has 0 aliphatic rings. The minimum absolute atomic E-state index is 0.199. The average Bonchev–Trinajstić information content (AvgIpc) is 2.17. The molecular formula is C10H7F2NO. The molecule has 0 radical (unpaired) electrons. The monoisotopic (exact) mass is 195 g/mol. The maximum absolute atomic E-state index is 13.3. The molecule has 1 aromatic heterocycles. The normalized spacial score (nSPS) is 10.8. The highest BCUT2D eigenvalue weighted by Gasteiger charge is 2.10. The van der Waals surface area contributed by atoms with E-state index < -0.39 is 17.2 Å². The fraction of sp³-hybridized carbons (Fsp3) is 0.100. The molecule has 0 saturated carbocycles. The third-order valence-electron chi connectivity index (χ3n) is 2.14. The van der Waals surface area contributed by atoms with E-state index in [1.807, 2.05) is 0 Å². The van der Waals surface area contributed by atoms with Gasteiger partial charge in [0, 0.05) is 13.2 Å². The summed E-state index contributed by atoms with van der Waals surface area (Å²) in [5, 5.41) is 0.210. The Balaban J connectivity index is 3.06. The fourth-order valence-corrected chi connectivity index (χ4v) is 1.36. The van der Waals surface area contributed by atoms with Crippen molar-refractivity contribution in [1.29, 1.82) is 0 Å². The van der Waals surface area contributed by atoms with Crippen molar-refractivity contribution in [2.45, 2.75) is 0 Å². The number of rotatable bonds is 0. The lowest BCUT2D eigenvalue weighted by atomic mass is 10.1. The molecule has 0 amide bonds. The van der Waals surface area contributed by atoms with Gasteiger partial charge in [0.15, 0.2) is 11.6 Å². The molecule has 1 heterocycles. The smallest absolute Gasteiger partial charge is 0.261 e. The summed E-state index contributed by atoms with van der Waals surface area (Å²) in [6.07, 6.45) is 1.52. The summed E-state index contributed by atoms with van der Waals surface area (Å²) in [5.41, 5.74) is -0.528. The minimum atomic E-state index is -1.08. The van der Waals surface area contributed by atoms with Gasteiger partial charge in [-0.15, -0.1) is 0 Å². The zero-order chi connectivity index (χ0) is 10.3. The molecule has 14 heavy (non-hydrogen) atoms. The Kier molecular flexibility index (Phi) is 1.84. The van der Waals surface area contributed by atoms with E-state index in [0.29, 0.717) is 5.39 Å². The minimum Gasteiger partial charge on any atom is -0.318 e. The van der Waals surface area contributed by atoms with Crippen molar-refractivity contribution in [3.8, 4) is 0 Å². The largest absolute Gasteiger partial charge is 0.318 e. The Labute approximate surface area is 78.4 Å². The third kappa shape index (κ3) is 1.11. The predicted molar refractivity (Wildman–Crippen MR) is 49.1 cm³/mol. The summed E-state index contributed by atoms with van der Waals surface area (Å²) in [5.74, 6) is -2.08. The van der Waals surface area contributed by atoms with Gasteiger partial charge < -0.3 is 4.57 Å². The van der Waals surface area contributed by atoms with Crippen molar-refractivity contribution < 1.29 is 8.78 Å². The van der Waals surface area contributed by atoms with Crippen molar-refractivity contribution in [2.75, 3.05) is 0 Å². The van der Waals surface area contributed by atoms with E-state index in [2.05, 4.69) is 0 Å². The lowest BCUT2D eigenvalue weighted by Crippen LogP contribution is -2.17. The summed E-state index contributed by atoms with van der Waals surface area (Å²) >= 11 is 0. The van der Waals surface area contributed by atoms with E-state index in [-0.39, 0.29) is 5.39 Å². The van der Waals surface area contributed by atoms with Crippen LogP contribution >= 0.6 is 0 Å². The van der Waals surface area contributed by atoms with E-state index in [9.17, 15) is 13.6 Å². The van der Waals surface area contributed by atoms with Gasteiger partial charge in [-0.3, -0.25) is 4.79 Å². The summed E-state index contributed by atoms with van der Waals surface area (Å²) in [4.78, 5) is 11.5. The van der Waals surface area contributed by atoms with E-state index in [0.717, 1.165) is 6.07 Å². The van der Waals surface area contributed by atoms with Crippen molar-refractivity contribution in [1.82, 2.24) is 4.57 Å². The molecule has 0 saturated heterocycles. The molecule has 2 rings (SSSR count). The number of nitrogens with zero attached hydrogens (tertiary/aromatic N) is 1. The van der Waals surface area contributed by atoms with E-state index in [1.54, 1.807) is 6.07 Å². The maximum Gasteiger partial charge on any atom is 0.261 e. The number of halogens is 2. The van der Waals surface area contributed by atoms with E-state index in [4.69, 9.17) is 0 Å². The lowest BCUT2D eigenvalue weighted by molar-refractivity contribution is 0.516. The van der Waals surface area contributed by atoms with Gasteiger partial charge in [0.25, 0.3) is 5.56 Å². The van der Waals surface area contributed by atoms with Crippen LogP contribution in [0, 0.1) is 11.6 Å². The van der Waals surface area contributed by atoms with Crippen LogP contribution in [0.1, 0.15) is 0 Å². The van der Waals surface area contributed by atoms with Gasteiger partial charge >= 0.3 is 0 Å². The van der Waals surface area contributed by atoms with Crippen LogP contribution in [-0.2, 0) is 7.05 Å². The first-order chi connectivity index (χ1) is 6.61. The molecule has 0 aliphatic carbocycles. The summed E-state index contributed by atoms with van der Waals surface area (Å²) in [7, 11) is 1.49. The van der Waals surface area contributed by atoms with Crippen LogP contribution in [0.15, 0.2) is 29.2 Å². The molecular weight excluding hydrogens is 188 g/mol.